The lowest BCUT2D eigenvalue weighted by Crippen LogP contribution is -2.48. The van der Waals surface area contributed by atoms with Gasteiger partial charge in [-0.15, -0.1) is 0 Å². The van der Waals surface area contributed by atoms with E-state index in [1.165, 1.54) is 30.4 Å². The van der Waals surface area contributed by atoms with Crippen molar-refractivity contribution in [2.45, 2.75) is 50.7 Å². The molecule has 3 heterocycles. The number of nitrogens with one attached hydrogen (secondary N) is 1. The van der Waals surface area contributed by atoms with Gasteiger partial charge in [-0.1, -0.05) is 0 Å². The second kappa shape index (κ2) is 5.05. The number of thiazole rings is 1. The average molecular weight is 282 g/mol. The Hall–Kier alpha value is -1.21. The van der Waals surface area contributed by atoms with Gasteiger partial charge in [-0.25, -0.2) is 4.98 Å². The van der Waals surface area contributed by atoms with Crippen molar-refractivity contribution >= 4 is 21.5 Å². The number of aromatic nitrogens is 1. The summed E-state index contributed by atoms with van der Waals surface area (Å²) < 4.78 is 0. The molecule has 2 unspecified atom stereocenters. The molecule has 3 rings (SSSR count). The Morgan fingerprint density at radius 2 is 2.21 bits per heavy atom. The molecule has 7 heteroatoms. The van der Waals surface area contributed by atoms with E-state index in [1.807, 2.05) is 0 Å². The summed E-state index contributed by atoms with van der Waals surface area (Å²) in [7, 11) is 0. The minimum Gasteiger partial charge on any atom is -0.345 e. The second-order valence-corrected chi connectivity index (χ2v) is 6.27. The summed E-state index contributed by atoms with van der Waals surface area (Å²) in [6, 6.07) is 1.70. The number of rotatable bonds is 4. The number of nitro groups is 1. The van der Waals surface area contributed by atoms with E-state index in [0.29, 0.717) is 18.1 Å². The van der Waals surface area contributed by atoms with Crippen molar-refractivity contribution < 1.29 is 4.92 Å². The minimum absolute atomic E-state index is 0.130. The molecule has 1 aromatic rings. The Morgan fingerprint density at radius 1 is 1.53 bits per heavy atom. The second-order valence-electron chi connectivity index (χ2n) is 5.29. The quantitative estimate of drug-likeness (QED) is 0.677. The molecule has 2 aliphatic heterocycles. The van der Waals surface area contributed by atoms with Crippen molar-refractivity contribution in [2.24, 2.45) is 0 Å². The summed E-state index contributed by atoms with van der Waals surface area (Å²) >= 11 is 1.19. The number of hydrogen-bond acceptors (Lipinski definition) is 6. The zero-order valence-corrected chi connectivity index (χ0v) is 11.7. The van der Waals surface area contributed by atoms with E-state index in [4.69, 9.17) is 0 Å². The van der Waals surface area contributed by atoms with Crippen molar-refractivity contribution in [3.8, 4) is 0 Å². The van der Waals surface area contributed by atoms with Crippen LogP contribution in [0.5, 0.6) is 0 Å². The molecule has 19 heavy (non-hydrogen) atoms. The van der Waals surface area contributed by atoms with Crippen LogP contribution in [0.3, 0.4) is 0 Å². The normalized spacial score (nSPS) is 29.4. The summed E-state index contributed by atoms with van der Waals surface area (Å²) in [6.07, 6.45) is 6.14. The molecule has 104 valence electrons. The van der Waals surface area contributed by atoms with E-state index in [2.05, 4.69) is 22.1 Å². The molecule has 6 nitrogen and oxygen atoms in total. The zero-order chi connectivity index (χ0) is 13.4. The van der Waals surface area contributed by atoms with Crippen LogP contribution in [0, 0.1) is 10.1 Å². The Labute approximate surface area is 116 Å². The highest BCUT2D eigenvalue weighted by atomic mass is 32.1. The van der Waals surface area contributed by atoms with Crippen molar-refractivity contribution in [3.05, 3.63) is 16.3 Å². The van der Waals surface area contributed by atoms with Gasteiger partial charge in [0.15, 0.2) is 5.13 Å². The molecule has 2 saturated heterocycles. The minimum atomic E-state index is -0.360. The lowest BCUT2D eigenvalue weighted by Gasteiger charge is -2.37. The van der Waals surface area contributed by atoms with Crippen LogP contribution in [0.2, 0.25) is 0 Å². The summed E-state index contributed by atoms with van der Waals surface area (Å²) in [5, 5.41) is 15.3. The number of hydrogen-bond donors (Lipinski definition) is 1. The first-order chi connectivity index (χ1) is 9.17. The van der Waals surface area contributed by atoms with Gasteiger partial charge in [0.1, 0.15) is 6.20 Å². The van der Waals surface area contributed by atoms with Gasteiger partial charge in [0.05, 0.1) is 4.92 Å². The van der Waals surface area contributed by atoms with Crippen LogP contribution >= 0.6 is 11.3 Å². The highest BCUT2D eigenvalue weighted by Gasteiger charge is 2.36. The monoisotopic (exact) mass is 282 g/mol. The van der Waals surface area contributed by atoms with Crippen LogP contribution in [0.4, 0.5) is 10.1 Å². The van der Waals surface area contributed by atoms with Gasteiger partial charge in [-0.2, -0.15) is 0 Å². The molecule has 2 fully saturated rings. The summed E-state index contributed by atoms with van der Waals surface area (Å²) in [5.41, 5.74) is 0. The Bertz CT molecular complexity index is 466. The van der Waals surface area contributed by atoms with E-state index < -0.39 is 0 Å². The summed E-state index contributed by atoms with van der Waals surface area (Å²) in [5.74, 6) is 0. The fraction of sp³-hybridized carbons (Fsp3) is 0.750. The van der Waals surface area contributed by atoms with Gasteiger partial charge in [-0.3, -0.25) is 10.1 Å². The highest BCUT2D eigenvalue weighted by molar-refractivity contribution is 7.18. The van der Waals surface area contributed by atoms with Crippen molar-refractivity contribution in [1.82, 2.24) is 10.3 Å². The number of nitrogens with zero attached hydrogens (tertiary/aromatic N) is 3. The van der Waals surface area contributed by atoms with Crippen molar-refractivity contribution in [3.63, 3.8) is 0 Å². The molecule has 2 atom stereocenters. The maximum atomic E-state index is 10.8. The first kappa shape index (κ1) is 12.8. The van der Waals surface area contributed by atoms with Crippen LogP contribution in [-0.4, -0.2) is 34.6 Å². The van der Waals surface area contributed by atoms with E-state index in [9.17, 15) is 10.1 Å². The fourth-order valence-electron chi connectivity index (χ4n) is 3.31. The molecule has 1 N–H and O–H groups in total. The van der Waals surface area contributed by atoms with Crippen LogP contribution < -0.4 is 10.2 Å². The Morgan fingerprint density at radius 3 is 2.74 bits per heavy atom. The zero-order valence-electron chi connectivity index (χ0n) is 10.9. The molecule has 2 aliphatic rings. The van der Waals surface area contributed by atoms with Gasteiger partial charge in [0.2, 0.25) is 0 Å². The molecule has 0 aromatic carbocycles. The van der Waals surface area contributed by atoms with E-state index in [-0.39, 0.29) is 9.92 Å². The molecule has 0 spiro atoms. The number of fused-ring (bicyclic) bond motifs is 2. The lowest BCUT2D eigenvalue weighted by molar-refractivity contribution is -0.380. The lowest BCUT2D eigenvalue weighted by atomic mass is 9.98. The number of piperidine rings is 1. The molecule has 0 amide bonds. The largest absolute Gasteiger partial charge is 0.345 e. The van der Waals surface area contributed by atoms with Crippen molar-refractivity contribution in [2.75, 3.05) is 11.4 Å². The first-order valence-corrected chi connectivity index (χ1v) is 7.62. The predicted molar refractivity (Wildman–Crippen MR) is 74.8 cm³/mol. The summed E-state index contributed by atoms with van der Waals surface area (Å²) in [6.45, 7) is 2.95. The molecular weight excluding hydrogens is 264 g/mol. The van der Waals surface area contributed by atoms with Crippen LogP contribution in [0.25, 0.3) is 0 Å². The van der Waals surface area contributed by atoms with Gasteiger partial charge < -0.3 is 10.2 Å². The smallest absolute Gasteiger partial charge is 0.345 e. The standard InChI is InChI=1S/C12H18N4O2S/c1-2-15(12-13-7-11(19-12)16(17)18)10-5-8-3-4-9(6-10)14-8/h7-10,14H,2-6H2,1H3. The van der Waals surface area contributed by atoms with Gasteiger partial charge in [0, 0.05) is 24.7 Å². The van der Waals surface area contributed by atoms with E-state index in [0.717, 1.165) is 24.5 Å². The fourth-order valence-corrected chi connectivity index (χ4v) is 4.17. The molecular formula is C12H18N4O2S. The van der Waals surface area contributed by atoms with Gasteiger partial charge in [-0.05, 0) is 43.9 Å². The average Bonchev–Trinajstić information content (AvgIpc) is 2.98. The Balaban J connectivity index is 1.77. The first-order valence-electron chi connectivity index (χ1n) is 6.80. The van der Waals surface area contributed by atoms with Crippen molar-refractivity contribution in [1.29, 1.82) is 0 Å². The topological polar surface area (TPSA) is 71.3 Å². The maximum Gasteiger partial charge on any atom is 0.345 e. The Kier molecular flexibility index (Phi) is 3.40. The van der Waals surface area contributed by atoms with E-state index >= 15 is 0 Å². The molecule has 0 radical (unpaired) electrons. The maximum absolute atomic E-state index is 10.8. The summed E-state index contributed by atoms with van der Waals surface area (Å²) in [4.78, 5) is 16.9. The third-order valence-corrected chi connectivity index (χ3v) is 5.12. The molecule has 2 bridgehead atoms. The van der Waals surface area contributed by atoms with Crippen LogP contribution in [0.15, 0.2) is 6.20 Å². The van der Waals surface area contributed by atoms with Gasteiger partial charge in [0.25, 0.3) is 0 Å². The third kappa shape index (κ3) is 2.44. The van der Waals surface area contributed by atoms with Crippen LogP contribution in [0.1, 0.15) is 32.6 Å². The third-order valence-electron chi connectivity index (χ3n) is 4.14. The molecule has 1 aromatic heterocycles. The SMILES string of the molecule is CCN(c1ncc([N+](=O)[O-])s1)C1CC2CCC(C1)N2. The predicted octanol–water partition coefficient (Wildman–Crippen LogP) is 2.16. The highest BCUT2D eigenvalue weighted by Crippen LogP contribution is 2.35. The van der Waals surface area contributed by atoms with Crippen LogP contribution in [-0.2, 0) is 0 Å². The molecule has 0 saturated carbocycles. The van der Waals surface area contributed by atoms with E-state index in [1.54, 1.807) is 0 Å². The molecule has 0 aliphatic carbocycles. The number of anilines is 1. The van der Waals surface area contributed by atoms with Gasteiger partial charge >= 0.3 is 5.00 Å².